The van der Waals surface area contributed by atoms with E-state index in [1.165, 1.54) is 4.31 Å². The minimum Gasteiger partial charge on any atom is -0.316 e. The molecule has 0 radical (unpaired) electrons. The van der Waals surface area contributed by atoms with Gasteiger partial charge in [0.2, 0.25) is 0 Å². The molecule has 15 heavy (non-hydrogen) atoms. The number of nitrogens with zero attached hydrogens (tertiary/aromatic N) is 1. The van der Waals surface area contributed by atoms with Crippen molar-refractivity contribution in [1.82, 2.24) is 14.3 Å². The van der Waals surface area contributed by atoms with Crippen LogP contribution in [-0.2, 0) is 10.2 Å². The van der Waals surface area contributed by atoms with Crippen molar-refractivity contribution in [3.05, 3.63) is 0 Å². The Balaban J connectivity index is 0.00000112. The molecule has 1 aliphatic heterocycles. The summed E-state index contributed by atoms with van der Waals surface area (Å²) in [5, 5.41) is 3.23. The lowest BCUT2D eigenvalue weighted by molar-refractivity contribution is 0.467. The van der Waals surface area contributed by atoms with E-state index in [4.69, 9.17) is 0 Å². The summed E-state index contributed by atoms with van der Waals surface area (Å²) in [4.78, 5) is 0. The first-order valence-electron chi connectivity index (χ1n) is 5.00. The monoisotopic (exact) mass is 255 g/mol. The van der Waals surface area contributed by atoms with Gasteiger partial charge in [-0.25, -0.2) is 0 Å². The second-order valence-electron chi connectivity index (χ2n) is 4.05. The van der Waals surface area contributed by atoms with Gasteiger partial charge in [-0.2, -0.15) is 17.4 Å². The third-order valence-corrected chi connectivity index (χ3v) is 4.88. The van der Waals surface area contributed by atoms with Crippen LogP contribution in [-0.4, -0.2) is 45.4 Å². The Morgan fingerprint density at radius 1 is 1.40 bits per heavy atom. The fraction of sp³-hybridized carbons (Fsp3) is 1.00. The number of piperidine rings is 1. The Morgan fingerprint density at radius 3 is 2.40 bits per heavy atom. The van der Waals surface area contributed by atoms with Crippen LogP contribution in [0, 0.1) is 11.8 Å². The van der Waals surface area contributed by atoms with Crippen LogP contribution in [0.15, 0.2) is 0 Å². The smallest absolute Gasteiger partial charge is 0.279 e. The van der Waals surface area contributed by atoms with Crippen LogP contribution in [0.2, 0.25) is 0 Å². The zero-order valence-corrected chi connectivity index (χ0v) is 10.6. The first kappa shape index (κ1) is 13.2. The normalized spacial score (nSPS) is 33.7. The predicted molar refractivity (Wildman–Crippen MR) is 61.2 cm³/mol. The molecule has 7 heteroatoms. The summed E-state index contributed by atoms with van der Waals surface area (Å²) in [7, 11) is -1.64. The average molecular weight is 256 g/mol. The Kier molecular flexibility index (Phi) is 4.00. The van der Waals surface area contributed by atoms with Gasteiger partial charge in [0.15, 0.2) is 0 Å². The van der Waals surface area contributed by atoms with Crippen LogP contribution in [0.5, 0.6) is 0 Å². The maximum atomic E-state index is 11.6. The zero-order valence-electron chi connectivity index (χ0n) is 8.93. The zero-order chi connectivity index (χ0) is 10.3. The first-order chi connectivity index (χ1) is 6.56. The molecule has 2 rings (SSSR count). The van der Waals surface area contributed by atoms with Crippen molar-refractivity contribution in [2.75, 3.05) is 26.7 Å². The van der Waals surface area contributed by atoms with Gasteiger partial charge in [-0.15, -0.1) is 12.4 Å². The molecule has 1 saturated carbocycles. The number of hydrogen-bond donors (Lipinski definition) is 2. The Morgan fingerprint density at radius 2 is 1.93 bits per heavy atom. The molecule has 0 bridgehead atoms. The van der Waals surface area contributed by atoms with Crippen LogP contribution < -0.4 is 10.0 Å². The van der Waals surface area contributed by atoms with Crippen LogP contribution in [0.25, 0.3) is 0 Å². The Labute approximate surface area is 97.2 Å². The standard InChI is InChI=1S/C8H17N3O2S.ClH/c1-3-11(2)14(12,13)10-8-6-4-9-5-7(6)8;/h6-10H,3-5H2,1-2H3;1H. The highest BCUT2D eigenvalue weighted by Gasteiger charge is 2.54. The molecule has 0 aromatic carbocycles. The molecule has 0 aromatic heterocycles. The fourth-order valence-corrected chi connectivity index (χ4v) is 3.24. The summed E-state index contributed by atoms with van der Waals surface area (Å²) >= 11 is 0. The second-order valence-corrected chi connectivity index (χ2v) is 5.86. The van der Waals surface area contributed by atoms with E-state index in [-0.39, 0.29) is 18.4 Å². The summed E-state index contributed by atoms with van der Waals surface area (Å²) in [5.41, 5.74) is 0. The van der Waals surface area contributed by atoms with E-state index in [1.54, 1.807) is 7.05 Å². The van der Waals surface area contributed by atoms with Gasteiger partial charge in [0.25, 0.3) is 10.2 Å². The Bertz CT molecular complexity index is 312. The lowest BCUT2D eigenvalue weighted by Crippen LogP contribution is -2.41. The average Bonchev–Trinajstić information content (AvgIpc) is 2.64. The highest BCUT2D eigenvalue weighted by Crippen LogP contribution is 2.42. The highest BCUT2D eigenvalue weighted by molar-refractivity contribution is 7.87. The molecular weight excluding hydrogens is 238 g/mol. The molecule has 2 aliphatic rings. The maximum absolute atomic E-state index is 11.6. The van der Waals surface area contributed by atoms with Crippen molar-refractivity contribution in [1.29, 1.82) is 0 Å². The van der Waals surface area contributed by atoms with Gasteiger partial charge in [0.1, 0.15) is 0 Å². The van der Waals surface area contributed by atoms with Crippen molar-refractivity contribution in [3.8, 4) is 0 Å². The molecule has 0 spiro atoms. The summed E-state index contributed by atoms with van der Waals surface area (Å²) in [6, 6.07) is 0.176. The van der Waals surface area contributed by atoms with Gasteiger partial charge in [-0.3, -0.25) is 0 Å². The molecule has 2 N–H and O–H groups in total. The molecule has 1 aliphatic carbocycles. The molecule has 0 aromatic rings. The number of rotatable bonds is 4. The van der Waals surface area contributed by atoms with Crippen molar-refractivity contribution < 1.29 is 8.42 Å². The van der Waals surface area contributed by atoms with E-state index >= 15 is 0 Å². The van der Waals surface area contributed by atoms with Crippen LogP contribution >= 0.6 is 12.4 Å². The van der Waals surface area contributed by atoms with Gasteiger partial charge >= 0.3 is 0 Å². The molecule has 1 heterocycles. The molecular formula is C8H18ClN3O2S. The van der Waals surface area contributed by atoms with Gasteiger partial charge in [0, 0.05) is 19.6 Å². The van der Waals surface area contributed by atoms with Crippen molar-refractivity contribution in [2.24, 2.45) is 11.8 Å². The quantitative estimate of drug-likeness (QED) is 0.706. The lowest BCUT2D eigenvalue weighted by Gasteiger charge is -2.16. The largest absolute Gasteiger partial charge is 0.316 e. The number of nitrogens with one attached hydrogen (secondary N) is 2. The van der Waals surface area contributed by atoms with Crippen molar-refractivity contribution in [3.63, 3.8) is 0 Å². The van der Waals surface area contributed by atoms with Crippen LogP contribution in [0.4, 0.5) is 0 Å². The van der Waals surface area contributed by atoms with Gasteiger partial charge in [0.05, 0.1) is 0 Å². The highest BCUT2D eigenvalue weighted by atomic mass is 35.5. The van der Waals surface area contributed by atoms with E-state index in [1.807, 2.05) is 6.92 Å². The van der Waals surface area contributed by atoms with Crippen molar-refractivity contribution >= 4 is 22.6 Å². The minimum absolute atomic E-state index is 0. The molecule has 90 valence electrons. The molecule has 2 fully saturated rings. The summed E-state index contributed by atoms with van der Waals surface area (Å²) in [6.45, 7) is 4.24. The molecule has 2 unspecified atom stereocenters. The summed E-state index contributed by atoms with van der Waals surface area (Å²) in [5.74, 6) is 1.05. The number of fused-ring (bicyclic) bond motifs is 1. The third kappa shape index (κ3) is 2.45. The number of halogens is 1. The van der Waals surface area contributed by atoms with Crippen LogP contribution in [0.1, 0.15) is 6.92 Å². The maximum Gasteiger partial charge on any atom is 0.279 e. The summed E-state index contributed by atoms with van der Waals surface area (Å²) < 4.78 is 27.4. The SMILES string of the molecule is CCN(C)S(=O)(=O)NC1C2CNCC21.Cl. The minimum atomic E-state index is -3.23. The van der Waals surface area contributed by atoms with E-state index in [0.29, 0.717) is 18.4 Å². The molecule has 2 atom stereocenters. The van der Waals surface area contributed by atoms with E-state index < -0.39 is 10.2 Å². The molecule has 1 saturated heterocycles. The van der Waals surface area contributed by atoms with E-state index in [2.05, 4.69) is 10.0 Å². The lowest BCUT2D eigenvalue weighted by atomic mass is 10.4. The van der Waals surface area contributed by atoms with Crippen molar-refractivity contribution in [2.45, 2.75) is 13.0 Å². The fourth-order valence-electron chi connectivity index (χ4n) is 2.03. The van der Waals surface area contributed by atoms with E-state index in [9.17, 15) is 8.42 Å². The van der Waals surface area contributed by atoms with Gasteiger partial charge in [-0.1, -0.05) is 6.92 Å². The topological polar surface area (TPSA) is 61.4 Å². The summed E-state index contributed by atoms with van der Waals surface area (Å²) in [6.07, 6.45) is 0. The third-order valence-electron chi connectivity index (χ3n) is 3.23. The first-order valence-corrected chi connectivity index (χ1v) is 6.44. The second kappa shape index (κ2) is 4.55. The molecule has 0 amide bonds. The molecule has 5 nitrogen and oxygen atoms in total. The van der Waals surface area contributed by atoms with E-state index in [0.717, 1.165) is 13.1 Å². The predicted octanol–water partition coefficient (Wildman–Crippen LogP) is -0.588. The van der Waals surface area contributed by atoms with Gasteiger partial charge < -0.3 is 5.32 Å². The van der Waals surface area contributed by atoms with Gasteiger partial charge in [-0.05, 0) is 24.9 Å². The number of hydrogen-bond acceptors (Lipinski definition) is 3. The Hall–Kier alpha value is 0.120. The van der Waals surface area contributed by atoms with Crippen LogP contribution in [0.3, 0.4) is 0 Å².